The van der Waals surface area contributed by atoms with Crippen LogP contribution in [0.15, 0.2) is 41.6 Å². The maximum Gasteiger partial charge on any atom is 0.261 e. The molecular weight excluding hydrogens is 274 g/mol. The summed E-state index contributed by atoms with van der Waals surface area (Å²) in [5.74, 6) is 0. The van der Waals surface area contributed by atoms with Gasteiger partial charge in [0.05, 0.1) is 16.8 Å². The maximum atomic E-state index is 12.3. The normalized spacial score (nSPS) is 11.3. The lowest BCUT2D eigenvalue weighted by Crippen LogP contribution is -2.14. The zero-order valence-corrected chi connectivity index (χ0v) is 12.2. The van der Waals surface area contributed by atoms with Gasteiger partial charge in [-0.15, -0.1) is 0 Å². The van der Waals surface area contributed by atoms with E-state index in [0.29, 0.717) is 12.2 Å². The minimum atomic E-state index is -3.61. The van der Waals surface area contributed by atoms with Crippen LogP contribution in [0.5, 0.6) is 0 Å². The molecule has 0 unspecified atom stereocenters. The Morgan fingerprint density at radius 1 is 1.20 bits per heavy atom. The van der Waals surface area contributed by atoms with Gasteiger partial charge in [-0.1, -0.05) is 6.07 Å². The third kappa shape index (κ3) is 3.15. The van der Waals surface area contributed by atoms with Crippen LogP contribution < -0.4 is 10.5 Å². The number of nitrogens with two attached hydrogens (primary N) is 1. The molecule has 0 amide bonds. The molecule has 1 aromatic carbocycles. The first-order chi connectivity index (χ1) is 9.42. The van der Waals surface area contributed by atoms with E-state index < -0.39 is 10.0 Å². The maximum absolute atomic E-state index is 12.3. The second kappa shape index (κ2) is 5.60. The number of pyridine rings is 1. The van der Waals surface area contributed by atoms with Crippen LogP contribution in [0.25, 0.3) is 0 Å². The van der Waals surface area contributed by atoms with E-state index in [4.69, 9.17) is 5.73 Å². The van der Waals surface area contributed by atoms with E-state index in [9.17, 15) is 8.42 Å². The number of rotatable bonds is 4. The van der Waals surface area contributed by atoms with Crippen LogP contribution in [0.4, 0.5) is 5.69 Å². The molecule has 2 aromatic rings. The fourth-order valence-corrected chi connectivity index (χ4v) is 3.01. The highest BCUT2D eigenvalue weighted by atomic mass is 32.2. The van der Waals surface area contributed by atoms with Crippen molar-refractivity contribution in [3.05, 3.63) is 53.3 Å². The highest BCUT2D eigenvalue weighted by molar-refractivity contribution is 7.92. The zero-order chi connectivity index (χ0) is 14.8. The first-order valence-electron chi connectivity index (χ1n) is 6.16. The van der Waals surface area contributed by atoms with Crippen LogP contribution in [-0.4, -0.2) is 13.4 Å². The van der Waals surface area contributed by atoms with Gasteiger partial charge in [0.1, 0.15) is 0 Å². The second-order valence-electron chi connectivity index (χ2n) is 4.65. The molecule has 0 aliphatic heterocycles. The molecule has 0 aliphatic rings. The number of nitrogens with one attached hydrogen (secondary N) is 1. The van der Waals surface area contributed by atoms with Crippen molar-refractivity contribution in [3.8, 4) is 0 Å². The lowest BCUT2D eigenvalue weighted by molar-refractivity contribution is 0.601. The largest absolute Gasteiger partial charge is 0.326 e. The van der Waals surface area contributed by atoms with E-state index >= 15 is 0 Å². The van der Waals surface area contributed by atoms with Crippen LogP contribution in [0.3, 0.4) is 0 Å². The van der Waals surface area contributed by atoms with Crippen molar-refractivity contribution in [1.29, 1.82) is 0 Å². The van der Waals surface area contributed by atoms with E-state index in [-0.39, 0.29) is 4.90 Å². The van der Waals surface area contributed by atoms with Crippen LogP contribution in [-0.2, 0) is 16.6 Å². The van der Waals surface area contributed by atoms with Gasteiger partial charge in [-0.3, -0.25) is 9.71 Å². The summed E-state index contributed by atoms with van der Waals surface area (Å²) in [4.78, 5) is 4.18. The first kappa shape index (κ1) is 14.5. The molecule has 0 radical (unpaired) electrons. The molecule has 1 aromatic heterocycles. The molecule has 0 saturated carbocycles. The smallest absolute Gasteiger partial charge is 0.261 e. The molecule has 5 nitrogen and oxygen atoms in total. The molecule has 6 heteroatoms. The van der Waals surface area contributed by atoms with Crippen molar-refractivity contribution in [2.45, 2.75) is 25.3 Å². The Labute approximate surface area is 118 Å². The Morgan fingerprint density at radius 3 is 2.55 bits per heavy atom. The van der Waals surface area contributed by atoms with Gasteiger partial charge in [-0.25, -0.2) is 8.42 Å². The second-order valence-corrected chi connectivity index (χ2v) is 6.33. The van der Waals surface area contributed by atoms with Gasteiger partial charge in [0.2, 0.25) is 0 Å². The summed E-state index contributed by atoms with van der Waals surface area (Å²) in [6.45, 7) is 4.09. The predicted molar refractivity (Wildman–Crippen MR) is 78.9 cm³/mol. The number of aromatic nitrogens is 1. The summed E-state index contributed by atoms with van der Waals surface area (Å²) >= 11 is 0. The Morgan fingerprint density at radius 2 is 1.95 bits per heavy atom. The number of anilines is 1. The molecule has 106 valence electrons. The topological polar surface area (TPSA) is 85.1 Å². The third-order valence-corrected chi connectivity index (χ3v) is 4.35. The molecule has 1 heterocycles. The Balaban J connectivity index is 2.33. The number of sulfonamides is 1. The summed E-state index contributed by atoms with van der Waals surface area (Å²) in [6.07, 6.45) is 3.14. The SMILES string of the molecule is Cc1cncc(NS(=O)(=O)c2ccc(CN)c(C)c2)c1. The standard InChI is InChI=1S/C14H17N3O2S/c1-10-5-13(9-16-8-10)17-20(18,19)14-4-3-12(7-15)11(2)6-14/h3-6,8-9,17H,7,15H2,1-2H3. The molecule has 0 saturated heterocycles. The van der Waals surface area contributed by atoms with Crippen molar-refractivity contribution in [2.24, 2.45) is 5.73 Å². The molecule has 0 bridgehead atoms. The van der Waals surface area contributed by atoms with E-state index in [1.54, 1.807) is 30.5 Å². The van der Waals surface area contributed by atoms with Crippen molar-refractivity contribution < 1.29 is 8.42 Å². The number of benzene rings is 1. The summed E-state index contributed by atoms with van der Waals surface area (Å²) in [7, 11) is -3.61. The Hall–Kier alpha value is -1.92. The molecule has 3 N–H and O–H groups in total. The fourth-order valence-electron chi connectivity index (χ4n) is 1.89. The Bertz CT molecular complexity index is 727. The number of hydrogen-bond acceptors (Lipinski definition) is 4. The van der Waals surface area contributed by atoms with Crippen molar-refractivity contribution in [3.63, 3.8) is 0 Å². The van der Waals surface area contributed by atoms with Crippen LogP contribution in [0.2, 0.25) is 0 Å². The Kier molecular flexibility index (Phi) is 4.06. The van der Waals surface area contributed by atoms with Crippen molar-refractivity contribution in [1.82, 2.24) is 4.98 Å². The monoisotopic (exact) mass is 291 g/mol. The summed E-state index contributed by atoms with van der Waals surface area (Å²) in [5, 5.41) is 0. The van der Waals surface area contributed by atoms with Gasteiger partial charge in [0.25, 0.3) is 10.0 Å². The van der Waals surface area contributed by atoms with E-state index in [0.717, 1.165) is 16.7 Å². The first-order valence-corrected chi connectivity index (χ1v) is 7.65. The minimum Gasteiger partial charge on any atom is -0.326 e. The van der Waals surface area contributed by atoms with Gasteiger partial charge in [-0.2, -0.15) is 0 Å². The number of aryl methyl sites for hydroxylation is 2. The summed E-state index contributed by atoms with van der Waals surface area (Å²) in [6, 6.07) is 6.64. The van der Waals surface area contributed by atoms with E-state index in [1.807, 2.05) is 13.8 Å². The van der Waals surface area contributed by atoms with Crippen molar-refractivity contribution in [2.75, 3.05) is 4.72 Å². The molecule has 20 heavy (non-hydrogen) atoms. The highest BCUT2D eigenvalue weighted by Gasteiger charge is 2.15. The van der Waals surface area contributed by atoms with E-state index in [2.05, 4.69) is 9.71 Å². The highest BCUT2D eigenvalue weighted by Crippen LogP contribution is 2.19. The quantitative estimate of drug-likeness (QED) is 0.901. The van der Waals surface area contributed by atoms with E-state index in [1.165, 1.54) is 6.20 Å². The minimum absolute atomic E-state index is 0.216. The lowest BCUT2D eigenvalue weighted by atomic mass is 10.1. The number of hydrogen-bond donors (Lipinski definition) is 2. The lowest BCUT2D eigenvalue weighted by Gasteiger charge is -2.10. The summed E-state index contributed by atoms with van der Waals surface area (Å²) in [5.41, 5.74) is 8.71. The molecule has 0 aliphatic carbocycles. The van der Waals surface area contributed by atoms with Crippen LogP contribution in [0.1, 0.15) is 16.7 Å². The zero-order valence-electron chi connectivity index (χ0n) is 11.4. The average molecular weight is 291 g/mol. The van der Waals surface area contributed by atoms with Gasteiger partial charge in [0, 0.05) is 12.7 Å². The average Bonchev–Trinajstić information content (AvgIpc) is 2.38. The molecular formula is C14H17N3O2S. The molecule has 0 fully saturated rings. The van der Waals surface area contributed by atoms with Crippen molar-refractivity contribution >= 4 is 15.7 Å². The van der Waals surface area contributed by atoms with Gasteiger partial charge < -0.3 is 5.73 Å². The molecule has 0 atom stereocenters. The summed E-state index contributed by atoms with van der Waals surface area (Å²) < 4.78 is 27.1. The molecule has 0 spiro atoms. The van der Waals surface area contributed by atoms with Crippen LogP contribution >= 0.6 is 0 Å². The molecule has 2 rings (SSSR count). The number of nitrogens with zero attached hydrogens (tertiary/aromatic N) is 1. The van der Waals surface area contributed by atoms with Gasteiger partial charge >= 0.3 is 0 Å². The third-order valence-electron chi connectivity index (χ3n) is 2.97. The van der Waals surface area contributed by atoms with Gasteiger partial charge in [0.15, 0.2) is 0 Å². The fraction of sp³-hybridized carbons (Fsp3) is 0.214. The van der Waals surface area contributed by atoms with Crippen LogP contribution in [0, 0.1) is 13.8 Å². The predicted octanol–water partition coefficient (Wildman–Crippen LogP) is 1.96. The van der Waals surface area contributed by atoms with Gasteiger partial charge in [-0.05, 0) is 48.7 Å².